The third-order valence-corrected chi connectivity index (χ3v) is 13.1. The maximum absolute atomic E-state index is 14.1. The van der Waals surface area contributed by atoms with E-state index in [2.05, 4.69) is 23.1 Å². The van der Waals surface area contributed by atoms with Crippen molar-refractivity contribution in [3.8, 4) is 23.0 Å². The first-order valence-corrected chi connectivity index (χ1v) is 21.5. The molecule has 4 aliphatic heterocycles. The summed E-state index contributed by atoms with van der Waals surface area (Å²) in [5.41, 5.74) is 2.55. The number of nitrogens with zero attached hydrogens (tertiary/aromatic N) is 6. The number of rotatable bonds is 16. The number of carboxylic acid groups (broad SMARTS) is 1. The molecule has 19 heteroatoms. The molecule has 0 aliphatic carbocycles. The fraction of sp³-hybridized carbons (Fsp3) is 0.390. The van der Waals surface area contributed by atoms with E-state index in [-0.39, 0.29) is 53.5 Å². The smallest absolute Gasteiger partial charge is 0.414 e. The summed E-state index contributed by atoms with van der Waals surface area (Å²) in [6.45, 7) is 9.42. The van der Waals surface area contributed by atoms with E-state index in [1.54, 1.807) is 29.3 Å². The first kappa shape index (κ1) is 42.3. The molecule has 17 nitrogen and oxygen atoms in total. The second kappa shape index (κ2) is 18.2. The van der Waals surface area contributed by atoms with Gasteiger partial charge in [0.15, 0.2) is 29.2 Å². The van der Waals surface area contributed by atoms with Crippen molar-refractivity contribution >= 4 is 62.8 Å². The summed E-state index contributed by atoms with van der Waals surface area (Å²) in [4.78, 5) is 63.3. The number of fused-ring (bicyclic) bond motifs is 4. The van der Waals surface area contributed by atoms with Gasteiger partial charge in [-0.15, -0.1) is 0 Å². The standard InChI is InChI=1S/C41H44N6O11S2/c1-23-14-26-20-42-30-17-34(32(55-3)15-28(30)38(48)44(26)21-23)57-11-6-5-7-12-58-35-18-31-29(16-33(35)56-4)39(49)45-22-24(2)27(37(45)40(50)46(31)41(51)52)10-13-59-60-36-9-8-25(19-43-36)47(53)54/h8-9,15-20,26-27,37,40,50H,1-2,5-7,10-14,21-22H2,3-4H3,(H,51,52)/t26-,27?,37-,40-/m0/s1. The van der Waals surface area contributed by atoms with Gasteiger partial charge in [-0.05, 0) is 61.1 Å². The van der Waals surface area contributed by atoms with Crippen molar-refractivity contribution in [2.45, 2.75) is 55.4 Å². The highest BCUT2D eigenvalue weighted by Crippen LogP contribution is 2.45. The highest BCUT2D eigenvalue weighted by atomic mass is 33.1. The van der Waals surface area contributed by atoms with Crippen LogP contribution in [0.25, 0.3) is 0 Å². The molecule has 1 aromatic heterocycles. The lowest BCUT2D eigenvalue weighted by atomic mass is 9.92. The predicted octanol–water partition coefficient (Wildman–Crippen LogP) is 6.77. The van der Waals surface area contributed by atoms with Crippen LogP contribution in [0.1, 0.15) is 52.8 Å². The topological polar surface area (TPSA) is 207 Å². The van der Waals surface area contributed by atoms with Gasteiger partial charge < -0.3 is 39.0 Å². The average Bonchev–Trinajstić information content (AvgIpc) is 3.72. The van der Waals surface area contributed by atoms with Crippen molar-refractivity contribution in [2.24, 2.45) is 10.9 Å². The van der Waals surface area contributed by atoms with Crippen LogP contribution in [0.3, 0.4) is 0 Å². The van der Waals surface area contributed by atoms with Crippen LogP contribution in [0.4, 0.5) is 21.9 Å². The van der Waals surface area contributed by atoms with Crippen molar-refractivity contribution in [3.63, 3.8) is 0 Å². The number of benzene rings is 2. The fourth-order valence-corrected chi connectivity index (χ4v) is 9.84. The molecule has 0 saturated carbocycles. The summed E-state index contributed by atoms with van der Waals surface area (Å²) in [6, 6.07) is 8.15. The van der Waals surface area contributed by atoms with Crippen LogP contribution in [-0.2, 0) is 0 Å². The zero-order valence-corrected chi connectivity index (χ0v) is 34.6. The van der Waals surface area contributed by atoms with Gasteiger partial charge in [0.05, 0.1) is 66.9 Å². The number of hydrogen-bond donors (Lipinski definition) is 2. The fourth-order valence-electron chi connectivity index (χ4n) is 7.87. The molecule has 5 heterocycles. The Hall–Kier alpha value is -5.79. The number of pyridine rings is 1. The maximum Gasteiger partial charge on any atom is 0.414 e. The largest absolute Gasteiger partial charge is 0.493 e. The van der Waals surface area contributed by atoms with E-state index in [1.807, 2.05) is 0 Å². The van der Waals surface area contributed by atoms with E-state index in [9.17, 15) is 34.7 Å². The van der Waals surface area contributed by atoms with E-state index >= 15 is 0 Å². The summed E-state index contributed by atoms with van der Waals surface area (Å²) in [6.07, 6.45) is 3.03. The van der Waals surface area contributed by atoms with Crippen molar-refractivity contribution in [1.29, 1.82) is 0 Å². The van der Waals surface area contributed by atoms with Crippen molar-refractivity contribution < 1.29 is 48.5 Å². The predicted molar refractivity (Wildman–Crippen MR) is 225 cm³/mol. The molecule has 1 unspecified atom stereocenters. The number of methoxy groups -OCH3 is 2. The number of aliphatic imine (C=N–C) groups is 1. The van der Waals surface area contributed by atoms with E-state index in [0.29, 0.717) is 84.4 Å². The molecule has 2 N–H and O–H groups in total. The molecule has 60 heavy (non-hydrogen) atoms. The maximum atomic E-state index is 14.1. The van der Waals surface area contributed by atoms with Crippen LogP contribution in [0.15, 0.2) is 76.9 Å². The van der Waals surface area contributed by atoms with Crippen LogP contribution in [0.2, 0.25) is 0 Å². The Bertz CT molecular complexity index is 2240. The molecule has 2 saturated heterocycles. The molecule has 0 radical (unpaired) electrons. The number of aliphatic hydroxyl groups is 1. The van der Waals surface area contributed by atoms with E-state index in [4.69, 9.17) is 18.9 Å². The lowest BCUT2D eigenvalue weighted by Gasteiger charge is -2.33. The number of unbranched alkanes of at least 4 members (excludes halogenated alkanes) is 2. The molecule has 7 rings (SSSR count). The Kier molecular flexibility index (Phi) is 12.9. The van der Waals surface area contributed by atoms with E-state index in [0.717, 1.165) is 10.5 Å². The Morgan fingerprint density at radius 1 is 0.950 bits per heavy atom. The van der Waals surface area contributed by atoms with Gasteiger partial charge in [0, 0.05) is 49.2 Å². The Labute approximate surface area is 353 Å². The summed E-state index contributed by atoms with van der Waals surface area (Å²) < 4.78 is 23.3. The molecule has 2 fully saturated rings. The Balaban J connectivity index is 0.958. The number of anilines is 1. The van der Waals surface area contributed by atoms with Crippen LogP contribution in [0.5, 0.6) is 23.0 Å². The highest BCUT2D eigenvalue weighted by Gasteiger charge is 2.50. The first-order chi connectivity index (χ1) is 28.9. The number of amides is 3. The van der Waals surface area contributed by atoms with E-state index < -0.39 is 35.1 Å². The Morgan fingerprint density at radius 2 is 1.63 bits per heavy atom. The zero-order chi connectivity index (χ0) is 42.7. The summed E-state index contributed by atoms with van der Waals surface area (Å²) in [5, 5.41) is 33.7. The summed E-state index contributed by atoms with van der Waals surface area (Å²) in [7, 11) is 5.72. The van der Waals surface area contributed by atoms with Gasteiger partial charge in [-0.1, -0.05) is 35.1 Å². The SMILES string of the molecule is C=C1C[C@H]2C=Nc3cc(OCCCCCOc4cc5c(cc4OC)C(=O)N4CC(=C)C(CCSSc6ccc([N+](=O)[O-])cn6)[C@H]4[C@H](O)N5C(=O)O)c(OC)cc3C(=O)N2C1. The third-order valence-electron chi connectivity index (χ3n) is 10.8. The number of aliphatic hydroxyl groups excluding tert-OH is 1. The number of hydrogen-bond acceptors (Lipinski definition) is 14. The monoisotopic (exact) mass is 860 g/mol. The highest BCUT2D eigenvalue weighted by molar-refractivity contribution is 8.76. The van der Waals surface area contributed by atoms with Crippen LogP contribution in [-0.4, -0.2) is 119 Å². The zero-order valence-electron chi connectivity index (χ0n) is 33.0. The number of aromatic nitrogens is 1. The van der Waals surface area contributed by atoms with Gasteiger partial charge in [-0.25, -0.2) is 14.7 Å². The normalized spacial score (nSPS) is 20.6. The van der Waals surface area contributed by atoms with Crippen molar-refractivity contribution in [3.05, 3.63) is 88.1 Å². The molecule has 4 aliphatic rings. The number of carbonyl (C=O) groups excluding carboxylic acids is 2. The van der Waals surface area contributed by atoms with Gasteiger partial charge in [-0.2, -0.15) is 0 Å². The van der Waals surface area contributed by atoms with E-state index in [1.165, 1.54) is 65.1 Å². The van der Waals surface area contributed by atoms with Gasteiger partial charge in [0.25, 0.3) is 17.5 Å². The second-order valence-electron chi connectivity index (χ2n) is 14.6. The van der Waals surface area contributed by atoms with Crippen LogP contribution >= 0.6 is 21.6 Å². The molecule has 3 aromatic rings. The van der Waals surface area contributed by atoms with Crippen molar-refractivity contribution in [2.75, 3.05) is 51.2 Å². The second-order valence-corrected chi connectivity index (χ2v) is 17.0. The molecule has 0 bridgehead atoms. The van der Waals surface area contributed by atoms with Gasteiger partial charge in [-0.3, -0.25) is 24.7 Å². The molecule has 3 amide bonds. The molecule has 4 atom stereocenters. The molecular weight excluding hydrogens is 817 g/mol. The van der Waals surface area contributed by atoms with Gasteiger partial charge >= 0.3 is 6.09 Å². The van der Waals surface area contributed by atoms with Gasteiger partial charge in [0.2, 0.25) is 0 Å². The minimum absolute atomic E-state index is 0.0243. The van der Waals surface area contributed by atoms with Gasteiger partial charge in [0.1, 0.15) is 11.2 Å². The van der Waals surface area contributed by atoms with Crippen LogP contribution in [0, 0.1) is 16.0 Å². The van der Waals surface area contributed by atoms with Crippen molar-refractivity contribution in [1.82, 2.24) is 14.8 Å². The minimum atomic E-state index is -1.62. The average molecular weight is 861 g/mol. The summed E-state index contributed by atoms with van der Waals surface area (Å²) in [5.74, 6) is 0.864. The molecule has 2 aromatic carbocycles. The number of ether oxygens (including phenoxy) is 4. The third kappa shape index (κ3) is 8.60. The Morgan fingerprint density at radius 3 is 2.28 bits per heavy atom. The lowest BCUT2D eigenvalue weighted by molar-refractivity contribution is -0.385. The first-order valence-electron chi connectivity index (χ1n) is 19.2. The number of nitro groups is 1. The quantitative estimate of drug-likeness (QED) is 0.0502. The summed E-state index contributed by atoms with van der Waals surface area (Å²) >= 11 is 0. The molecule has 316 valence electrons. The minimum Gasteiger partial charge on any atom is -0.493 e. The lowest BCUT2D eigenvalue weighted by Crippen LogP contribution is -2.52. The number of carbonyl (C=O) groups is 3. The molecular formula is C41H44N6O11S2. The molecule has 0 spiro atoms. The van der Waals surface area contributed by atoms with Crippen LogP contribution < -0.4 is 23.8 Å².